The first kappa shape index (κ1) is 28.4. The summed E-state index contributed by atoms with van der Waals surface area (Å²) in [6.07, 6.45) is -1.24. The van der Waals surface area contributed by atoms with Gasteiger partial charge < -0.3 is 24.3 Å². The van der Waals surface area contributed by atoms with E-state index >= 15 is 4.39 Å². The number of rotatable bonds is 10. The van der Waals surface area contributed by atoms with Gasteiger partial charge in [0.2, 0.25) is 5.88 Å². The highest BCUT2D eigenvalue weighted by Crippen LogP contribution is 2.29. The number of methoxy groups -OCH3 is 1. The fourth-order valence-electron chi connectivity index (χ4n) is 4.77. The molecule has 5 rings (SSSR count). The van der Waals surface area contributed by atoms with E-state index in [0.717, 1.165) is 16.6 Å². The maximum Gasteiger partial charge on any atom is 0.214 e. The summed E-state index contributed by atoms with van der Waals surface area (Å²) >= 11 is 0. The highest BCUT2D eigenvalue weighted by atomic mass is 19.1. The predicted octanol–water partition coefficient (Wildman–Crippen LogP) is 5.79. The van der Waals surface area contributed by atoms with E-state index in [1.165, 1.54) is 6.07 Å². The van der Waals surface area contributed by atoms with Crippen molar-refractivity contribution in [3.05, 3.63) is 112 Å². The number of aromatic nitrogens is 3. The van der Waals surface area contributed by atoms with E-state index < -0.39 is 12.1 Å². The van der Waals surface area contributed by atoms with Gasteiger partial charge in [0.05, 0.1) is 23.3 Å². The number of pyridine rings is 1. The number of fused-ring (bicyclic) bond motifs is 1. The lowest BCUT2D eigenvalue weighted by Crippen LogP contribution is -2.10. The van der Waals surface area contributed by atoms with Gasteiger partial charge in [0.15, 0.2) is 6.29 Å². The van der Waals surface area contributed by atoms with Crippen LogP contribution >= 0.6 is 0 Å². The molecule has 212 valence electrons. The molecule has 0 saturated heterocycles. The monoisotopic (exact) mass is 559 g/mol. The Labute approximate surface area is 236 Å². The van der Waals surface area contributed by atoms with Crippen molar-refractivity contribution in [2.24, 2.45) is 0 Å². The zero-order valence-corrected chi connectivity index (χ0v) is 23.1. The molecule has 0 fully saturated rings. The molecule has 41 heavy (non-hydrogen) atoms. The Hall–Kier alpha value is -4.18. The summed E-state index contributed by atoms with van der Waals surface area (Å²) in [6.45, 7) is 4.47. The Balaban J connectivity index is 1.41. The SMILES string of the molecule is COCCn1c(Cc2ccc(-c3cccc(OCc4ccc(C)cc4F)n3)c(F)c2C)nc2ccc(C(O)O)cc21. The Morgan fingerprint density at radius 1 is 0.927 bits per heavy atom. The molecule has 0 atom stereocenters. The first-order valence-electron chi connectivity index (χ1n) is 13.2. The normalized spacial score (nSPS) is 11.5. The maximum absolute atomic E-state index is 15.7. The lowest BCUT2D eigenvalue weighted by molar-refractivity contribution is -0.0424. The minimum absolute atomic E-state index is 0.00580. The van der Waals surface area contributed by atoms with Crippen LogP contribution in [0.15, 0.2) is 66.7 Å². The van der Waals surface area contributed by atoms with Crippen LogP contribution in [0.3, 0.4) is 0 Å². The molecule has 0 amide bonds. The van der Waals surface area contributed by atoms with E-state index in [4.69, 9.17) is 14.5 Å². The van der Waals surface area contributed by atoms with Crippen molar-refractivity contribution < 1.29 is 28.5 Å². The largest absolute Gasteiger partial charge is 0.473 e. The fourth-order valence-corrected chi connectivity index (χ4v) is 4.77. The minimum Gasteiger partial charge on any atom is -0.473 e. The van der Waals surface area contributed by atoms with Crippen molar-refractivity contribution in [3.63, 3.8) is 0 Å². The van der Waals surface area contributed by atoms with Crippen LogP contribution in [0.5, 0.6) is 5.88 Å². The second kappa shape index (κ2) is 12.1. The molecule has 0 spiro atoms. The van der Waals surface area contributed by atoms with Crippen LogP contribution in [-0.2, 0) is 24.3 Å². The van der Waals surface area contributed by atoms with Crippen LogP contribution in [0.4, 0.5) is 8.78 Å². The highest BCUT2D eigenvalue weighted by Gasteiger charge is 2.18. The summed E-state index contributed by atoms with van der Waals surface area (Å²) in [5.74, 6) is 0.221. The first-order chi connectivity index (χ1) is 19.7. The molecule has 0 unspecified atom stereocenters. The van der Waals surface area contributed by atoms with Crippen molar-refractivity contribution in [1.82, 2.24) is 14.5 Å². The summed E-state index contributed by atoms with van der Waals surface area (Å²) in [5.41, 5.74) is 4.98. The highest BCUT2D eigenvalue weighted by molar-refractivity contribution is 5.77. The second-order valence-electron chi connectivity index (χ2n) is 9.93. The number of hydrogen-bond acceptors (Lipinski definition) is 6. The molecule has 0 radical (unpaired) electrons. The molecule has 7 nitrogen and oxygen atoms in total. The molecule has 0 aliphatic carbocycles. The Morgan fingerprint density at radius 2 is 1.73 bits per heavy atom. The number of nitrogens with zero attached hydrogens (tertiary/aromatic N) is 3. The molecule has 0 aliphatic heterocycles. The standard InChI is InChI=1S/C32H31F2N3O4/c1-19-7-8-23(25(33)15-19)18-41-30-6-4-5-26(36-30)24-11-9-21(20(2)31(24)34)17-29-35-27-12-10-22(32(38)39)16-28(27)37(29)13-14-40-3/h4-12,15-16,32,38-39H,13-14,17-18H2,1-3H3. The molecule has 5 aromatic rings. The average Bonchev–Trinajstić information content (AvgIpc) is 3.30. The molecule has 9 heteroatoms. The number of halogens is 2. The van der Waals surface area contributed by atoms with Gasteiger partial charge in [0.25, 0.3) is 0 Å². The second-order valence-corrected chi connectivity index (χ2v) is 9.93. The van der Waals surface area contributed by atoms with Crippen LogP contribution in [0.2, 0.25) is 0 Å². The molecule has 3 aromatic carbocycles. The van der Waals surface area contributed by atoms with Crippen LogP contribution in [0.25, 0.3) is 22.3 Å². The van der Waals surface area contributed by atoms with Crippen LogP contribution < -0.4 is 4.74 Å². The van der Waals surface area contributed by atoms with Crippen LogP contribution in [0.1, 0.15) is 39.9 Å². The van der Waals surface area contributed by atoms with Gasteiger partial charge in [-0.2, -0.15) is 0 Å². The maximum atomic E-state index is 15.7. The molecule has 0 bridgehead atoms. The first-order valence-corrected chi connectivity index (χ1v) is 13.2. The lowest BCUT2D eigenvalue weighted by Gasteiger charge is -2.14. The summed E-state index contributed by atoms with van der Waals surface area (Å²) in [6, 6.07) is 18.6. The molecule has 0 aliphatic rings. The smallest absolute Gasteiger partial charge is 0.214 e. The lowest BCUT2D eigenvalue weighted by atomic mass is 9.99. The van der Waals surface area contributed by atoms with E-state index in [1.807, 2.05) is 23.6 Å². The Bertz CT molecular complexity index is 1700. The third-order valence-electron chi connectivity index (χ3n) is 7.10. The quantitative estimate of drug-likeness (QED) is 0.211. The molecular weight excluding hydrogens is 528 g/mol. The Kier molecular flexibility index (Phi) is 8.39. The van der Waals surface area contributed by atoms with E-state index in [9.17, 15) is 14.6 Å². The topological polar surface area (TPSA) is 89.6 Å². The zero-order valence-electron chi connectivity index (χ0n) is 23.1. The van der Waals surface area contributed by atoms with E-state index in [2.05, 4.69) is 4.98 Å². The van der Waals surface area contributed by atoms with Crippen LogP contribution in [-0.4, -0.2) is 38.5 Å². The van der Waals surface area contributed by atoms with Gasteiger partial charge >= 0.3 is 0 Å². The van der Waals surface area contributed by atoms with Crippen LogP contribution in [0, 0.1) is 25.5 Å². The van der Waals surface area contributed by atoms with Gasteiger partial charge in [-0.15, -0.1) is 0 Å². The summed E-state index contributed by atoms with van der Waals surface area (Å²) in [5, 5.41) is 19.3. The van der Waals surface area contributed by atoms with Gasteiger partial charge in [0.1, 0.15) is 24.1 Å². The van der Waals surface area contributed by atoms with E-state index in [1.54, 1.807) is 62.6 Å². The van der Waals surface area contributed by atoms with Crippen molar-refractivity contribution in [1.29, 1.82) is 0 Å². The van der Waals surface area contributed by atoms with Gasteiger partial charge in [-0.05, 0) is 60.9 Å². The fraction of sp³-hybridized carbons (Fsp3) is 0.250. The Morgan fingerprint density at radius 3 is 2.49 bits per heavy atom. The minimum atomic E-state index is -1.60. The van der Waals surface area contributed by atoms with Crippen molar-refractivity contribution in [3.8, 4) is 17.1 Å². The third kappa shape index (κ3) is 6.12. The van der Waals surface area contributed by atoms with Gasteiger partial charge in [-0.25, -0.2) is 18.7 Å². The number of aliphatic hydroxyl groups excluding tert-OH is 1. The summed E-state index contributed by atoms with van der Waals surface area (Å²) in [4.78, 5) is 9.21. The third-order valence-corrected chi connectivity index (χ3v) is 7.10. The predicted molar refractivity (Wildman–Crippen MR) is 151 cm³/mol. The summed E-state index contributed by atoms with van der Waals surface area (Å²) in [7, 11) is 1.61. The molecule has 2 N–H and O–H groups in total. The number of aliphatic hydroxyl groups is 2. The molecular formula is C32H31F2N3O4. The van der Waals surface area contributed by atoms with Gasteiger partial charge in [0, 0.05) is 42.8 Å². The van der Waals surface area contributed by atoms with Gasteiger partial charge in [-0.1, -0.05) is 30.3 Å². The number of hydrogen-bond donors (Lipinski definition) is 2. The number of imidazole rings is 1. The summed E-state index contributed by atoms with van der Waals surface area (Å²) < 4.78 is 42.9. The average molecular weight is 560 g/mol. The zero-order chi connectivity index (χ0) is 29.1. The molecule has 2 heterocycles. The number of aryl methyl sites for hydroxylation is 1. The van der Waals surface area contributed by atoms with E-state index in [0.29, 0.717) is 58.9 Å². The number of benzene rings is 3. The molecule has 2 aromatic heterocycles. The van der Waals surface area contributed by atoms with Crippen molar-refractivity contribution >= 4 is 11.0 Å². The van der Waals surface area contributed by atoms with E-state index in [-0.39, 0.29) is 18.3 Å². The van der Waals surface area contributed by atoms with Gasteiger partial charge in [-0.3, -0.25) is 0 Å². The molecule has 0 saturated carbocycles. The number of ether oxygens (including phenoxy) is 2. The van der Waals surface area contributed by atoms with Crippen molar-refractivity contribution in [2.45, 2.75) is 39.7 Å². The van der Waals surface area contributed by atoms with Crippen molar-refractivity contribution in [2.75, 3.05) is 13.7 Å².